The third kappa shape index (κ3) is 6.86. The molecular formula is C21H25ClN2O4S. The minimum Gasteiger partial charge on any atom is -0.461 e. The molecule has 0 saturated carbocycles. The maximum atomic E-state index is 11.6. The van der Waals surface area contributed by atoms with Crippen molar-refractivity contribution in [1.82, 2.24) is 9.88 Å². The van der Waals surface area contributed by atoms with Gasteiger partial charge in [0, 0.05) is 24.7 Å². The van der Waals surface area contributed by atoms with Crippen LogP contribution < -0.4 is 0 Å². The van der Waals surface area contributed by atoms with Crippen LogP contribution in [0.5, 0.6) is 0 Å². The molecule has 1 fully saturated rings. The van der Waals surface area contributed by atoms with Crippen molar-refractivity contribution in [2.45, 2.75) is 33.3 Å². The first-order chi connectivity index (χ1) is 13.9. The van der Waals surface area contributed by atoms with Gasteiger partial charge in [-0.15, -0.1) is 17.8 Å². The van der Waals surface area contributed by atoms with E-state index in [-0.39, 0.29) is 18.2 Å². The van der Waals surface area contributed by atoms with Gasteiger partial charge in [0.05, 0.1) is 6.61 Å². The summed E-state index contributed by atoms with van der Waals surface area (Å²) in [5, 5.41) is 9.42. The first-order valence-corrected chi connectivity index (χ1v) is 10.4. The number of thiazole rings is 1. The molecule has 6 nitrogen and oxygen atoms in total. The van der Waals surface area contributed by atoms with E-state index in [0.29, 0.717) is 22.3 Å². The Kier molecular flexibility index (Phi) is 10.4. The second-order valence-corrected chi connectivity index (χ2v) is 7.25. The van der Waals surface area contributed by atoms with E-state index in [0.717, 1.165) is 11.1 Å². The molecule has 1 aliphatic heterocycles. The van der Waals surface area contributed by atoms with Crippen LogP contribution in [0.15, 0.2) is 24.3 Å². The highest BCUT2D eigenvalue weighted by molar-refractivity contribution is 7.19. The van der Waals surface area contributed by atoms with Crippen molar-refractivity contribution in [3.63, 3.8) is 0 Å². The molecule has 2 aromatic rings. The molecule has 0 bridgehead atoms. The molecule has 1 N–H and O–H groups in total. The molecule has 1 amide bonds. The van der Waals surface area contributed by atoms with Crippen LogP contribution >= 0.6 is 22.9 Å². The van der Waals surface area contributed by atoms with Gasteiger partial charge in [0.15, 0.2) is 5.69 Å². The van der Waals surface area contributed by atoms with Crippen LogP contribution in [0.2, 0.25) is 4.34 Å². The molecule has 3 rings (SSSR count). The number of esters is 1. The summed E-state index contributed by atoms with van der Waals surface area (Å²) in [5.41, 5.74) is 1.73. The highest BCUT2D eigenvalue weighted by Crippen LogP contribution is 2.32. The van der Waals surface area contributed by atoms with Crippen LogP contribution in [0.3, 0.4) is 0 Å². The van der Waals surface area contributed by atoms with Gasteiger partial charge in [0.2, 0.25) is 0 Å². The number of benzene rings is 1. The number of likely N-dealkylation sites (tertiary alicyclic amines) is 1. The number of rotatable bonds is 3. The second-order valence-electron chi connectivity index (χ2n) is 5.65. The van der Waals surface area contributed by atoms with Crippen molar-refractivity contribution in [3.8, 4) is 22.9 Å². The van der Waals surface area contributed by atoms with Crippen molar-refractivity contribution in [1.29, 1.82) is 0 Å². The highest BCUT2D eigenvalue weighted by atomic mass is 35.5. The number of terminal acetylenes is 1. The lowest BCUT2D eigenvalue weighted by Crippen LogP contribution is -2.24. The topological polar surface area (TPSA) is 79.7 Å². The first-order valence-electron chi connectivity index (χ1n) is 9.20. The van der Waals surface area contributed by atoms with Gasteiger partial charge in [-0.1, -0.05) is 43.5 Å². The number of ether oxygens (including phenoxy) is 1. The molecule has 0 spiro atoms. The summed E-state index contributed by atoms with van der Waals surface area (Å²) in [4.78, 5) is 28.0. The molecule has 2 heterocycles. The average Bonchev–Trinajstić information content (AvgIpc) is 3.27. The lowest BCUT2D eigenvalue weighted by Gasteiger charge is -2.04. The predicted molar refractivity (Wildman–Crippen MR) is 116 cm³/mol. The van der Waals surface area contributed by atoms with Crippen molar-refractivity contribution in [2.24, 2.45) is 0 Å². The van der Waals surface area contributed by atoms with Gasteiger partial charge in [0.25, 0.3) is 5.91 Å². The van der Waals surface area contributed by atoms with Crippen LogP contribution in [-0.2, 0) is 9.53 Å². The number of hydrogen-bond acceptors (Lipinski definition) is 6. The fourth-order valence-electron chi connectivity index (χ4n) is 2.30. The number of nitrogens with zero attached hydrogens (tertiary/aromatic N) is 2. The molecule has 1 aromatic carbocycles. The standard InChI is InChI=1S/C14H10ClNO2S.C5H9NO2.C2H6/c1-3-9-6-5-7-10(8-9)13-16-11(12(15)19-13)14(17)18-4-2;1-6-3-2-4(7)5(6)8;1-2/h1,5-8H,4H2,2H3;4,7H,2-3H2,1H3;1-2H3. The molecular weight excluding hydrogens is 412 g/mol. The molecule has 1 unspecified atom stereocenters. The predicted octanol–water partition coefficient (Wildman–Crippen LogP) is 3.86. The summed E-state index contributed by atoms with van der Waals surface area (Å²) < 4.78 is 5.21. The molecule has 0 radical (unpaired) electrons. The van der Waals surface area contributed by atoms with Crippen LogP contribution in [-0.4, -0.2) is 53.2 Å². The Balaban J connectivity index is 0.000000351. The van der Waals surface area contributed by atoms with Crippen molar-refractivity contribution < 1.29 is 19.4 Å². The number of amides is 1. The van der Waals surface area contributed by atoms with Gasteiger partial charge in [-0.25, -0.2) is 9.78 Å². The SMILES string of the molecule is C#Cc1cccc(-c2nc(C(=O)OCC)c(Cl)s2)c1.CC.CN1CCC(O)C1=O. The second kappa shape index (κ2) is 12.2. The van der Waals surface area contributed by atoms with Crippen LogP contribution in [0, 0.1) is 12.3 Å². The molecule has 1 saturated heterocycles. The zero-order valence-corrected chi connectivity index (χ0v) is 18.5. The molecule has 0 aliphatic carbocycles. The summed E-state index contributed by atoms with van der Waals surface area (Å²) in [5.74, 6) is 1.89. The number of aromatic nitrogens is 1. The Morgan fingerprint density at radius 3 is 2.66 bits per heavy atom. The molecule has 1 atom stereocenters. The summed E-state index contributed by atoms with van der Waals surface area (Å²) in [6.07, 6.45) is 5.22. The van der Waals surface area contributed by atoms with Gasteiger partial charge >= 0.3 is 5.97 Å². The normalized spacial score (nSPS) is 14.9. The van der Waals surface area contributed by atoms with Crippen LogP contribution in [0.1, 0.15) is 43.2 Å². The minimum absolute atomic E-state index is 0.148. The van der Waals surface area contributed by atoms with Crippen LogP contribution in [0.4, 0.5) is 0 Å². The van der Waals surface area contributed by atoms with E-state index >= 15 is 0 Å². The summed E-state index contributed by atoms with van der Waals surface area (Å²) in [7, 11) is 1.69. The maximum absolute atomic E-state index is 11.6. The summed E-state index contributed by atoms with van der Waals surface area (Å²) >= 11 is 7.24. The van der Waals surface area contributed by atoms with E-state index < -0.39 is 12.1 Å². The number of carbonyl (C=O) groups excluding carboxylic acids is 2. The third-order valence-electron chi connectivity index (χ3n) is 3.73. The summed E-state index contributed by atoms with van der Waals surface area (Å²) in [6.45, 7) is 6.71. The molecule has 156 valence electrons. The average molecular weight is 437 g/mol. The van der Waals surface area contributed by atoms with Crippen molar-refractivity contribution in [2.75, 3.05) is 20.2 Å². The van der Waals surface area contributed by atoms with Gasteiger partial charge in [-0.2, -0.15) is 0 Å². The number of hydrogen-bond donors (Lipinski definition) is 1. The van der Waals surface area contributed by atoms with Crippen molar-refractivity contribution >= 4 is 34.8 Å². The van der Waals surface area contributed by atoms with E-state index in [9.17, 15) is 9.59 Å². The number of aliphatic hydroxyl groups excluding tert-OH is 1. The molecule has 1 aromatic heterocycles. The number of carbonyl (C=O) groups is 2. The molecule has 8 heteroatoms. The highest BCUT2D eigenvalue weighted by Gasteiger charge is 2.26. The van der Waals surface area contributed by atoms with E-state index in [1.165, 1.54) is 16.2 Å². The van der Waals surface area contributed by atoms with E-state index in [1.807, 2.05) is 38.1 Å². The monoisotopic (exact) mass is 436 g/mol. The maximum Gasteiger partial charge on any atom is 0.359 e. The van der Waals surface area contributed by atoms with Crippen LogP contribution in [0.25, 0.3) is 10.6 Å². The number of likely N-dealkylation sites (N-methyl/N-ethyl adjacent to an activating group) is 1. The van der Waals surface area contributed by atoms with Gasteiger partial charge in [0.1, 0.15) is 15.4 Å². The van der Waals surface area contributed by atoms with E-state index in [1.54, 1.807) is 14.0 Å². The largest absolute Gasteiger partial charge is 0.461 e. The Labute approximate surface area is 180 Å². The Bertz CT molecular complexity index is 864. The Morgan fingerprint density at radius 2 is 2.17 bits per heavy atom. The smallest absolute Gasteiger partial charge is 0.359 e. The Morgan fingerprint density at radius 1 is 1.48 bits per heavy atom. The fourth-order valence-corrected chi connectivity index (χ4v) is 3.41. The number of aliphatic hydroxyl groups is 1. The van der Waals surface area contributed by atoms with E-state index in [4.69, 9.17) is 27.9 Å². The Hall–Kier alpha value is -2.40. The third-order valence-corrected chi connectivity index (χ3v) is 5.03. The minimum atomic E-state index is -0.722. The lowest BCUT2D eigenvalue weighted by molar-refractivity contribution is -0.133. The molecule has 1 aliphatic rings. The van der Waals surface area contributed by atoms with E-state index in [2.05, 4.69) is 10.9 Å². The zero-order valence-electron chi connectivity index (χ0n) is 16.9. The van der Waals surface area contributed by atoms with Gasteiger partial charge in [-0.05, 0) is 25.5 Å². The number of halogens is 1. The molecule has 29 heavy (non-hydrogen) atoms. The summed E-state index contributed by atoms with van der Waals surface area (Å²) in [6, 6.07) is 7.35. The fraction of sp³-hybridized carbons (Fsp3) is 0.381. The lowest BCUT2D eigenvalue weighted by atomic mass is 10.1. The van der Waals surface area contributed by atoms with Gasteiger partial charge < -0.3 is 14.7 Å². The quantitative estimate of drug-likeness (QED) is 0.583. The first kappa shape index (κ1) is 24.6. The van der Waals surface area contributed by atoms with Crippen molar-refractivity contribution in [3.05, 3.63) is 39.9 Å². The van der Waals surface area contributed by atoms with Gasteiger partial charge in [-0.3, -0.25) is 4.79 Å². The zero-order chi connectivity index (χ0) is 22.0.